The molecule has 2 fully saturated rings. The van der Waals surface area contributed by atoms with Crippen molar-refractivity contribution in [2.24, 2.45) is 0 Å². The summed E-state index contributed by atoms with van der Waals surface area (Å²) in [7, 11) is 0. The van der Waals surface area contributed by atoms with Gasteiger partial charge in [-0.25, -0.2) is 0 Å². The quantitative estimate of drug-likeness (QED) is 0.831. The molecule has 0 aromatic heterocycles. The maximum Gasteiger partial charge on any atom is 0.277 e. The molecule has 3 aliphatic rings. The topological polar surface area (TPSA) is 63.4 Å². The third-order valence-corrected chi connectivity index (χ3v) is 6.22. The molecule has 1 amide bonds. The van der Waals surface area contributed by atoms with E-state index in [1.165, 1.54) is 11.3 Å². The minimum absolute atomic E-state index is 0.242. The Morgan fingerprint density at radius 3 is 2.81 bits per heavy atom. The lowest BCUT2D eigenvalue weighted by molar-refractivity contribution is -0.900. The van der Waals surface area contributed by atoms with Gasteiger partial charge in [-0.05, 0) is 43.9 Å². The zero-order valence-electron chi connectivity index (χ0n) is 15.5. The van der Waals surface area contributed by atoms with Gasteiger partial charge in [0, 0.05) is 25.4 Å². The molecule has 0 unspecified atom stereocenters. The van der Waals surface area contributed by atoms with Crippen molar-refractivity contribution in [2.75, 3.05) is 33.0 Å². The van der Waals surface area contributed by atoms with Crippen LogP contribution in [0.2, 0.25) is 0 Å². The predicted octanol–water partition coefficient (Wildman–Crippen LogP) is 0.683. The summed E-state index contributed by atoms with van der Waals surface area (Å²) >= 11 is 0. The van der Waals surface area contributed by atoms with Crippen molar-refractivity contribution in [1.29, 1.82) is 0 Å². The molecule has 2 N–H and O–H groups in total. The lowest BCUT2D eigenvalue weighted by Crippen LogP contribution is -3.14. The van der Waals surface area contributed by atoms with Gasteiger partial charge >= 0.3 is 0 Å². The third kappa shape index (κ3) is 3.40. The van der Waals surface area contributed by atoms with Crippen LogP contribution in [0.15, 0.2) is 18.2 Å². The minimum Gasteiger partial charge on any atom is -0.454 e. The summed E-state index contributed by atoms with van der Waals surface area (Å²) in [5.41, 5.74) is 0.0446. The van der Waals surface area contributed by atoms with Crippen LogP contribution in [0.4, 0.5) is 0 Å². The summed E-state index contributed by atoms with van der Waals surface area (Å²) in [5, 5.41) is 11.1. The fourth-order valence-electron chi connectivity index (χ4n) is 4.45. The molecule has 1 atom stereocenters. The van der Waals surface area contributed by atoms with Crippen molar-refractivity contribution in [2.45, 2.75) is 50.7 Å². The molecule has 1 aromatic rings. The number of carbonyl (C=O) groups is 1. The lowest BCUT2D eigenvalue weighted by atomic mass is 9.84. The fourth-order valence-corrected chi connectivity index (χ4v) is 4.45. The van der Waals surface area contributed by atoms with Crippen molar-refractivity contribution >= 4 is 5.91 Å². The zero-order valence-corrected chi connectivity index (χ0v) is 15.5. The van der Waals surface area contributed by atoms with Gasteiger partial charge in [-0.3, -0.25) is 4.79 Å². The van der Waals surface area contributed by atoms with Crippen LogP contribution in [-0.4, -0.2) is 54.9 Å². The second kappa shape index (κ2) is 7.08. The first-order valence-corrected chi connectivity index (χ1v) is 9.81. The number of rotatable bonds is 3. The number of ether oxygens (including phenoxy) is 2. The number of quaternary nitrogens is 1. The van der Waals surface area contributed by atoms with E-state index in [4.69, 9.17) is 9.47 Å². The van der Waals surface area contributed by atoms with Gasteiger partial charge in [0.15, 0.2) is 18.0 Å². The standard InChI is InChI=1S/C20H28N2O4/c1-15-4-2-3-9-22(15)19(23)13-21-10-7-20(24,8-11-21)16-5-6-17-18(12-16)26-14-25-17/h5-6,12,15,24H,2-4,7-11,13-14H2,1H3/p+1/t15-/m1/s1. The SMILES string of the molecule is C[C@@H]1CCCCN1C(=O)C[NH+]1CCC(O)(c2ccc3c(c2)OCO3)CC1. The number of amides is 1. The van der Waals surface area contributed by atoms with Gasteiger partial charge in [0.05, 0.1) is 13.1 Å². The van der Waals surface area contributed by atoms with Crippen LogP contribution in [0.5, 0.6) is 11.5 Å². The predicted molar refractivity (Wildman–Crippen MR) is 96.3 cm³/mol. The minimum atomic E-state index is -0.841. The molecule has 142 valence electrons. The molecule has 2 saturated heterocycles. The van der Waals surface area contributed by atoms with Gasteiger partial charge < -0.3 is 24.4 Å². The van der Waals surface area contributed by atoms with Crippen LogP contribution in [0.1, 0.15) is 44.6 Å². The lowest BCUT2D eigenvalue weighted by Gasteiger charge is -2.38. The van der Waals surface area contributed by atoms with E-state index in [0.29, 0.717) is 31.2 Å². The van der Waals surface area contributed by atoms with Gasteiger partial charge in [-0.2, -0.15) is 0 Å². The summed E-state index contributed by atoms with van der Waals surface area (Å²) < 4.78 is 10.8. The van der Waals surface area contributed by atoms with Gasteiger partial charge in [-0.1, -0.05) is 6.07 Å². The molecule has 26 heavy (non-hydrogen) atoms. The van der Waals surface area contributed by atoms with E-state index in [1.807, 2.05) is 18.2 Å². The Labute approximate surface area is 154 Å². The zero-order chi connectivity index (χ0) is 18.1. The van der Waals surface area contributed by atoms with E-state index in [0.717, 1.165) is 43.8 Å². The van der Waals surface area contributed by atoms with E-state index >= 15 is 0 Å². The number of piperidine rings is 2. The number of aliphatic hydroxyl groups is 1. The van der Waals surface area contributed by atoms with Crippen LogP contribution in [0, 0.1) is 0 Å². The van der Waals surface area contributed by atoms with Gasteiger partial charge in [-0.15, -0.1) is 0 Å². The Kier molecular flexibility index (Phi) is 4.80. The highest BCUT2D eigenvalue weighted by atomic mass is 16.7. The first kappa shape index (κ1) is 17.6. The van der Waals surface area contributed by atoms with E-state index in [-0.39, 0.29) is 12.7 Å². The van der Waals surface area contributed by atoms with E-state index in [2.05, 4.69) is 11.8 Å². The smallest absolute Gasteiger partial charge is 0.277 e. The third-order valence-electron chi connectivity index (χ3n) is 6.22. The highest BCUT2D eigenvalue weighted by Crippen LogP contribution is 2.38. The molecule has 1 aromatic carbocycles. The van der Waals surface area contributed by atoms with Crippen molar-refractivity contribution in [3.63, 3.8) is 0 Å². The van der Waals surface area contributed by atoms with Gasteiger partial charge in [0.2, 0.25) is 6.79 Å². The summed E-state index contributed by atoms with van der Waals surface area (Å²) in [4.78, 5) is 16.0. The van der Waals surface area contributed by atoms with Gasteiger partial charge in [0.1, 0.15) is 5.60 Å². The summed E-state index contributed by atoms with van der Waals surface area (Å²) in [6.45, 7) is 5.45. The number of nitrogens with one attached hydrogen (secondary N) is 1. The Hall–Kier alpha value is -1.79. The molecule has 0 saturated carbocycles. The molecule has 0 spiro atoms. The van der Waals surface area contributed by atoms with Crippen LogP contribution in [0.25, 0.3) is 0 Å². The molecule has 4 rings (SSSR count). The average molecular weight is 361 g/mol. The number of hydrogen-bond acceptors (Lipinski definition) is 4. The summed E-state index contributed by atoms with van der Waals surface area (Å²) in [6, 6.07) is 6.06. The second-order valence-corrected chi connectivity index (χ2v) is 7.96. The highest BCUT2D eigenvalue weighted by molar-refractivity contribution is 5.77. The Morgan fingerprint density at radius 1 is 1.27 bits per heavy atom. The number of hydrogen-bond donors (Lipinski definition) is 2. The van der Waals surface area contributed by atoms with Crippen LogP contribution in [-0.2, 0) is 10.4 Å². The average Bonchev–Trinajstić information content (AvgIpc) is 3.12. The van der Waals surface area contributed by atoms with Gasteiger partial charge in [0.25, 0.3) is 5.91 Å². The monoisotopic (exact) mass is 361 g/mol. The second-order valence-electron chi connectivity index (χ2n) is 7.96. The van der Waals surface area contributed by atoms with Crippen LogP contribution < -0.4 is 14.4 Å². The Balaban J connectivity index is 1.35. The Morgan fingerprint density at radius 2 is 2.04 bits per heavy atom. The number of carbonyl (C=O) groups excluding carboxylic acids is 1. The van der Waals surface area contributed by atoms with Crippen molar-refractivity contribution in [3.05, 3.63) is 23.8 Å². The number of benzene rings is 1. The number of fused-ring (bicyclic) bond motifs is 1. The molecule has 3 aliphatic heterocycles. The normalized spacial score (nSPS) is 31.1. The fraction of sp³-hybridized carbons (Fsp3) is 0.650. The molecular weight excluding hydrogens is 332 g/mol. The molecule has 0 aliphatic carbocycles. The maximum absolute atomic E-state index is 12.6. The summed E-state index contributed by atoms with van der Waals surface area (Å²) in [6.07, 6.45) is 4.78. The Bertz CT molecular complexity index is 670. The highest BCUT2D eigenvalue weighted by Gasteiger charge is 2.38. The molecule has 3 heterocycles. The molecule has 0 radical (unpaired) electrons. The van der Waals surface area contributed by atoms with Crippen LogP contribution in [0.3, 0.4) is 0 Å². The van der Waals surface area contributed by atoms with E-state index in [9.17, 15) is 9.90 Å². The first-order chi connectivity index (χ1) is 12.5. The first-order valence-electron chi connectivity index (χ1n) is 9.81. The van der Waals surface area contributed by atoms with Crippen molar-refractivity contribution in [1.82, 2.24) is 4.90 Å². The number of likely N-dealkylation sites (tertiary alicyclic amines) is 2. The molecule has 6 nitrogen and oxygen atoms in total. The van der Waals surface area contributed by atoms with Crippen molar-refractivity contribution < 1.29 is 24.3 Å². The summed E-state index contributed by atoms with van der Waals surface area (Å²) in [5.74, 6) is 1.71. The van der Waals surface area contributed by atoms with E-state index in [1.54, 1.807) is 0 Å². The molecule has 0 bridgehead atoms. The van der Waals surface area contributed by atoms with E-state index < -0.39 is 5.60 Å². The molecular formula is C20H29N2O4+. The maximum atomic E-state index is 12.6. The largest absolute Gasteiger partial charge is 0.454 e. The van der Waals surface area contributed by atoms with Crippen LogP contribution >= 0.6 is 0 Å². The number of nitrogens with zero attached hydrogens (tertiary/aromatic N) is 1. The molecule has 6 heteroatoms. The van der Waals surface area contributed by atoms with Crippen molar-refractivity contribution in [3.8, 4) is 11.5 Å².